The third kappa shape index (κ3) is 7.06. The molecule has 0 aromatic heterocycles. The highest BCUT2D eigenvalue weighted by molar-refractivity contribution is 7.55. The minimum atomic E-state index is 0.218. The van der Waals surface area contributed by atoms with Crippen molar-refractivity contribution in [3.05, 3.63) is 36.4 Å². The molecule has 0 fully saturated rings. The van der Waals surface area contributed by atoms with Crippen LogP contribution in [0, 0.1) is 0 Å². The molecule has 1 nitrogen and oxygen atoms in total. The van der Waals surface area contributed by atoms with Crippen molar-refractivity contribution in [1.29, 1.82) is 0 Å². The maximum absolute atomic E-state index is 2.34. The van der Waals surface area contributed by atoms with Gasteiger partial charge in [-0.05, 0) is 34.5 Å². The SMILES string of the molecule is CCP(CC)N(C)C.c1ccccc1. The summed E-state index contributed by atoms with van der Waals surface area (Å²) < 4.78 is 2.34. The number of hydrogen-bond acceptors (Lipinski definition) is 1. The molecule has 0 radical (unpaired) electrons. The maximum Gasteiger partial charge on any atom is -0.00972 e. The van der Waals surface area contributed by atoms with E-state index in [9.17, 15) is 0 Å². The second-order valence-corrected chi connectivity index (χ2v) is 6.22. The van der Waals surface area contributed by atoms with Crippen LogP contribution < -0.4 is 0 Å². The summed E-state index contributed by atoms with van der Waals surface area (Å²) in [5.41, 5.74) is 0. The summed E-state index contributed by atoms with van der Waals surface area (Å²) >= 11 is 0. The lowest BCUT2D eigenvalue weighted by Gasteiger charge is -2.20. The van der Waals surface area contributed by atoms with Crippen LogP contribution in [0.15, 0.2) is 36.4 Å². The fourth-order valence-corrected chi connectivity index (χ4v) is 2.75. The number of hydrogen-bond donors (Lipinski definition) is 0. The Hall–Kier alpha value is -0.390. The zero-order valence-corrected chi connectivity index (χ0v) is 10.7. The first kappa shape index (κ1) is 13.6. The van der Waals surface area contributed by atoms with E-state index in [1.54, 1.807) is 0 Å². The number of nitrogens with zero attached hydrogens (tertiary/aromatic N) is 1. The van der Waals surface area contributed by atoms with Gasteiger partial charge in [0.15, 0.2) is 0 Å². The van der Waals surface area contributed by atoms with Crippen LogP contribution in [0.2, 0.25) is 0 Å². The van der Waals surface area contributed by atoms with Crippen molar-refractivity contribution in [1.82, 2.24) is 4.67 Å². The van der Waals surface area contributed by atoms with Crippen molar-refractivity contribution < 1.29 is 0 Å². The molecule has 0 saturated heterocycles. The Morgan fingerprint density at radius 2 is 1.07 bits per heavy atom. The molecule has 0 aliphatic heterocycles. The lowest BCUT2D eigenvalue weighted by molar-refractivity contribution is 0.675. The standard InChI is InChI=1S/C6H16NP.C6H6/c1-5-8(6-2)7(3)4;1-2-4-6-5-3-1/h5-6H2,1-4H3;1-6H. The van der Waals surface area contributed by atoms with Gasteiger partial charge in [-0.15, -0.1) is 0 Å². The lowest BCUT2D eigenvalue weighted by atomic mass is 10.4. The third-order valence-electron chi connectivity index (χ3n) is 1.96. The molecule has 0 unspecified atom stereocenters. The molecule has 0 spiro atoms. The molecule has 2 heteroatoms. The summed E-state index contributed by atoms with van der Waals surface area (Å²) in [5.74, 6) is 0. The Balaban J connectivity index is 0.000000249. The summed E-state index contributed by atoms with van der Waals surface area (Å²) in [6, 6.07) is 12.0. The van der Waals surface area contributed by atoms with Crippen LogP contribution in [-0.4, -0.2) is 31.1 Å². The Morgan fingerprint density at radius 1 is 0.786 bits per heavy atom. The zero-order chi connectivity index (χ0) is 10.8. The highest BCUT2D eigenvalue weighted by Crippen LogP contribution is 2.35. The first-order valence-electron chi connectivity index (χ1n) is 5.14. The van der Waals surface area contributed by atoms with Crippen LogP contribution in [0.5, 0.6) is 0 Å². The minimum absolute atomic E-state index is 0.218. The van der Waals surface area contributed by atoms with Crippen LogP contribution in [0.1, 0.15) is 13.8 Å². The summed E-state index contributed by atoms with van der Waals surface area (Å²) in [7, 11) is 4.55. The van der Waals surface area contributed by atoms with Gasteiger partial charge < -0.3 is 0 Å². The van der Waals surface area contributed by atoms with E-state index < -0.39 is 0 Å². The Bertz CT molecular complexity index is 168. The van der Waals surface area contributed by atoms with Crippen LogP contribution in [0.3, 0.4) is 0 Å². The van der Waals surface area contributed by atoms with Crippen LogP contribution >= 0.6 is 8.07 Å². The van der Waals surface area contributed by atoms with E-state index in [0.717, 1.165) is 0 Å². The summed E-state index contributed by atoms with van der Waals surface area (Å²) in [4.78, 5) is 0. The van der Waals surface area contributed by atoms with Gasteiger partial charge in [0, 0.05) is 0 Å². The van der Waals surface area contributed by atoms with E-state index >= 15 is 0 Å². The van der Waals surface area contributed by atoms with Gasteiger partial charge in [-0.2, -0.15) is 0 Å². The average Bonchev–Trinajstić information content (AvgIpc) is 2.22. The molecule has 1 aromatic carbocycles. The lowest BCUT2D eigenvalue weighted by Crippen LogP contribution is -2.06. The third-order valence-corrected chi connectivity index (χ3v) is 4.55. The van der Waals surface area contributed by atoms with Gasteiger partial charge in [0.2, 0.25) is 0 Å². The Labute approximate surface area is 89.9 Å². The predicted molar refractivity (Wildman–Crippen MR) is 68.1 cm³/mol. The Kier molecular flexibility index (Phi) is 8.92. The van der Waals surface area contributed by atoms with Gasteiger partial charge in [0.25, 0.3) is 0 Å². The summed E-state index contributed by atoms with van der Waals surface area (Å²) in [5, 5.41) is 0. The van der Waals surface area contributed by atoms with E-state index in [4.69, 9.17) is 0 Å². The predicted octanol–water partition coefficient (Wildman–Crippen LogP) is 3.67. The molecule has 0 N–H and O–H groups in total. The molecule has 0 aliphatic carbocycles. The number of benzene rings is 1. The normalized spacial score (nSPS) is 9.86. The molecule has 80 valence electrons. The molecule has 1 rings (SSSR count). The second-order valence-electron chi connectivity index (χ2n) is 3.14. The highest BCUT2D eigenvalue weighted by atomic mass is 31.1. The molecular formula is C12H22NP. The van der Waals surface area contributed by atoms with Crippen LogP contribution in [-0.2, 0) is 0 Å². The molecule has 1 aromatic rings. The quantitative estimate of drug-likeness (QED) is 0.689. The zero-order valence-electron chi connectivity index (χ0n) is 9.77. The van der Waals surface area contributed by atoms with Crippen molar-refractivity contribution in [3.8, 4) is 0 Å². The van der Waals surface area contributed by atoms with Gasteiger partial charge in [0.1, 0.15) is 0 Å². The van der Waals surface area contributed by atoms with Crippen molar-refractivity contribution in [2.24, 2.45) is 0 Å². The molecule has 0 atom stereocenters. The van der Waals surface area contributed by atoms with Gasteiger partial charge >= 0.3 is 0 Å². The second kappa shape index (κ2) is 9.18. The summed E-state index contributed by atoms with van der Waals surface area (Å²) in [6.45, 7) is 4.52. The number of rotatable bonds is 3. The molecule has 14 heavy (non-hydrogen) atoms. The van der Waals surface area contributed by atoms with Gasteiger partial charge in [-0.3, -0.25) is 4.67 Å². The molecule has 0 saturated carbocycles. The fourth-order valence-electron chi connectivity index (χ4n) is 1.17. The smallest absolute Gasteiger partial charge is 0.00972 e. The van der Waals surface area contributed by atoms with E-state index in [1.807, 2.05) is 36.4 Å². The Morgan fingerprint density at radius 3 is 1.14 bits per heavy atom. The largest absolute Gasteiger partial charge is 0.288 e. The molecular weight excluding hydrogens is 189 g/mol. The van der Waals surface area contributed by atoms with Crippen molar-refractivity contribution in [3.63, 3.8) is 0 Å². The highest BCUT2D eigenvalue weighted by Gasteiger charge is 2.02. The van der Waals surface area contributed by atoms with Crippen LogP contribution in [0.25, 0.3) is 0 Å². The molecule has 0 amide bonds. The van der Waals surface area contributed by atoms with Crippen molar-refractivity contribution in [2.45, 2.75) is 13.8 Å². The first-order chi connectivity index (χ1) is 6.72. The van der Waals surface area contributed by atoms with E-state index in [1.165, 1.54) is 12.3 Å². The summed E-state index contributed by atoms with van der Waals surface area (Å²) in [6.07, 6.45) is 2.66. The topological polar surface area (TPSA) is 3.24 Å². The fraction of sp³-hybridized carbons (Fsp3) is 0.500. The molecule has 0 aliphatic rings. The van der Waals surface area contributed by atoms with E-state index in [0.29, 0.717) is 0 Å². The van der Waals surface area contributed by atoms with E-state index in [-0.39, 0.29) is 8.07 Å². The van der Waals surface area contributed by atoms with Gasteiger partial charge in [-0.25, -0.2) is 0 Å². The molecule has 0 heterocycles. The van der Waals surface area contributed by atoms with Gasteiger partial charge in [0.05, 0.1) is 0 Å². The van der Waals surface area contributed by atoms with Gasteiger partial charge in [-0.1, -0.05) is 50.2 Å². The molecule has 0 bridgehead atoms. The first-order valence-corrected chi connectivity index (χ1v) is 6.81. The van der Waals surface area contributed by atoms with Crippen LogP contribution in [0.4, 0.5) is 0 Å². The monoisotopic (exact) mass is 211 g/mol. The average molecular weight is 211 g/mol. The van der Waals surface area contributed by atoms with Crippen molar-refractivity contribution in [2.75, 3.05) is 26.4 Å². The van der Waals surface area contributed by atoms with E-state index in [2.05, 4.69) is 32.6 Å². The minimum Gasteiger partial charge on any atom is -0.288 e. The van der Waals surface area contributed by atoms with Crippen molar-refractivity contribution >= 4 is 8.07 Å². The maximum atomic E-state index is 2.34.